The summed E-state index contributed by atoms with van der Waals surface area (Å²) in [5.74, 6) is -4.53. The van der Waals surface area contributed by atoms with E-state index in [1.807, 2.05) is 0 Å². The van der Waals surface area contributed by atoms with Gasteiger partial charge >= 0.3 is 24.0 Å². The van der Waals surface area contributed by atoms with Gasteiger partial charge in [0.25, 0.3) is 0 Å². The van der Waals surface area contributed by atoms with Crippen molar-refractivity contribution in [2.45, 2.75) is 44.6 Å². The summed E-state index contributed by atoms with van der Waals surface area (Å²) >= 11 is 0. The zero-order valence-corrected chi connectivity index (χ0v) is 18.7. The van der Waals surface area contributed by atoms with Crippen molar-refractivity contribution in [1.29, 1.82) is 0 Å². The fourth-order valence-corrected chi connectivity index (χ4v) is 2.88. The maximum absolute atomic E-state index is 12.7. The predicted octanol–water partition coefficient (Wildman–Crippen LogP) is 1.85. The number of nitrogens with one attached hydrogen (secondary N) is 2. The molecule has 4 N–H and O–H groups in total. The van der Waals surface area contributed by atoms with Gasteiger partial charge in [-0.3, -0.25) is 14.4 Å². The Balaban J connectivity index is 2.03. The number of hydrogen-bond donors (Lipinski definition) is 4. The molecule has 0 aliphatic heterocycles. The SMILES string of the molecule is O=C(O)CCC(NC(=O)C(CC(=O)OCc1ccccc1)NC(=O)OCc1ccccc1)C(=O)O. The van der Waals surface area contributed by atoms with Crippen LogP contribution >= 0.6 is 0 Å². The van der Waals surface area contributed by atoms with Gasteiger partial charge in [0.1, 0.15) is 25.3 Å². The lowest BCUT2D eigenvalue weighted by Crippen LogP contribution is -2.52. The van der Waals surface area contributed by atoms with Gasteiger partial charge < -0.3 is 30.3 Å². The number of carbonyl (C=O) groups excluding carboxylic acids is 3. The molecule has 0 aliphatic rings. The second-order valence-electron chi connectivity index (χ2n) is 7.44. The van der Waals surface area contributed by atoms with Crippen LogP contribution in [-0.2, 0) is 41.9 Å². The van der Waals surface area contributed by atoms with Gasteiger partial charge in [-0.05, 0) is 17.5 Å². The Labute approximate surface area is 201 Å². The highest BCUT2D eigenvalue weighted by Gasteiger charge is 2.29. The highest BCUT2D eigenvalue weighted by Crippen LogP contribution is 2.06. The molecule has 2 amide bonds. The fourth-order valence-electron chi connectivity index (χ4n) is 2.88. The highest BCUT2D eigenvalue weighted by molar-refractivity contribution is 5.92. The standard InChI is InChI=1S/C24H26N2O9/c27-20(28)12-11-18(23(31)32)25-22(30)19(13-21(29)34-14-16-7-3-1-4-8-16)26-24(33)35-15-17-9-5-2-6-10-17/h1-10,18-19H,11-15H2,(H,25,30)(H,26,33)(H,27,28)(H,31,32). The van der Waals surface area contributed by atoms with E-state index >= 15 is 0 Å². The quantitative estimate of drug-likeness (QED) is 0.309. The second kappa shape index (κ2) is 14.0. The van der Waals surface area contributed by atoms with Crippen molar-refractivity contribution in [3.8, 4) is 0 Å². The Morgan fingerprint density at radius 2 is 1.29 bits per heavy atom. The molecule has 0 aromatic heterocycles. The van der Waals surface area contributed by atoms with Gasteiger partial charge in [-0.2, -0.15) is 0 Å². The van der Waals surface area contributed by atoms with Gasteiger partial charge in [0.15, 0.2) is 0 Å². The van der Waals surface area contributed by atoms with E-state index in [-0.39, 0.29) is 19.6 Å². The molecule has 186 valence electrons. The molecular weight excluding hydrogens is 460 g/mol. The minimum Gasteiger partial charge on any atom is -0.481 e. The van der Waals surface area contributed by atoms with E-state index in [9.17, 15) is 29.1 Å². The van der Waals surface area contributed by atoms with E-state index in [1.165, 1.54) is 0 Å². The first-order chi connectivity index (χ1) is 16.7. The molecule has 0 saturated carbocycles. The first kappa shape index (κ1) is 26.8. The summed E-state index contributed by atoms with van der Waals surface area (Å²) in [7, 11) is 0. The van der Waals surface area contributed by atoms with Crippen molar-refractivity contribution in [2.75, 3.05) is 0 Å². The van der Waals surface area contributed by atoms with Gasteiger partial charge in [-0.15, -0.1) is 0 Å². The number of carboxylic acid groups (broad SMARTS) is 2. The predicted molar refractivity (Wildman–Crippen MR) is 121 cm³/mol. The second-order valence-corrected chi connectivity index (χ2v) is 7.44. The van der Waals surface area contributed by atoms with E-state index in [4.69, 9.17) is 14.6 Å². The van der Waals surface area contributed by atoms with E-state index in [1.54, 1.807) is 60.7 Å². The third-order valence-corrected chi connectivity index (χ3v) is 4.70. The van der Waals surface area contributed by atoms with E-state index in [0.29, 0.717) is 11.1 Å². The lowest BCUT2D eigenvalue weighted by molar-refractivity contribution is -0.147. The molecule has 0 heterocycles. The molecule has 0 radical (unpaired) electrons. The Morgan fingerprint density at radius 1 is 0.743 bits per heavy atom. The summed E-state index contributed by atoms with van der Waals surface area (Å²) in [5.41, 5.74) is 1.39. The summed E-state index contributed by atoms with van der Waals surface area (Å²) in [5, 5.41) is 22.5. The number of benzene rings is 2. The van der Waals surface area contributed by atoms with Gasteiger partial charge in [-0.25, -0.2) is 9.59 Å². The number of amides is 2. The van der Waals surface area contributed by atoms with Crippen LogP contribution in [0.3, 0.4) is 0 Å². The van der Waals surface area contributed by atoms with Crippen molar-refractivity contribution in [3.05, 3.63) is 71.8 Å². The molecule has 2 unspecified atom stereocenters. The largest absolute Gasteiger partial charge is 0.481 e. The lowest BCUT2D eigenvalue weighted by Gasteiger charge is -2.20. The molecule has 35 heavy (non-hydrogen) atoms. The van der Waals surface area contributed by atoms with Gasteiger partial charge in [-0.1, -0.05) is 60.7 Å². The molecule has 2 aromatic rings. The van der Waals surface area contributed by atoms with Crippen LogP contribution in [0.25, 0.3) is 0 Å². The summed E-state index contributed by atoms with van der Waals surface area (Å²) < 4.78 is 10.2. The average Bonchev–Trinajstić information content (AvgIpc) is 2.84. The van der Waals surface area contributed by atoms with E-state index < -0.39 is 54.8 Å². The number of aliphatic carboxylic acids is 2. The van der Waals surface area contributed by atoms with Crippen molar-refractivity contribution in [2.24, 2.45) is 0 Å². The highest BCUT2D eigenvalue weighted by atomic mass is 16.5. The van der Waals surface area contributed by atoms with E-state index in [2.05, 4.69) is 10.6 Å². The summed E-state index contributed by atoms with van der Waals surface area (Å²) in [6.07, 6.45) is -2.51. The van der Waals surface area contributed by atoms with Crippen LogP contribution in [0.2, 0.25) is 0 Å². The maximum atomic E-state index is 12.7. The molecule has 2 rings (SSSR count). The van der Waals surface area contributed by atoms with Crippen molar-refractivity contribution < 1.29 is 43.7 Å². The third-order valence-electron chi connectivity index (χ3n) is 4.70. The number of hydrogen-bond acceptors (Lipinski definition) is 7. The number of alkyl carbamates (subject to hydrolysis) is 1. The molecule has 0 aliphatic carbocycles. The van der Waals surface area contributed by atoms with Crippen molar-refractivity contribution in [3.63, 3.8) is 0 Å². The Bertz CT molecular complexity index is 955. The van der Waals surface area contributed by atoms with Crippen LogP contribution in [0.1, 0.15) is 30.4 Å². The first-order valence-electron chi connectivity index (χ1n) is 10.7. The topological polar surface area (TPSA) is 168 Å². The molecule has 0 saturated heterocycles. The molecule has 11 heteroatoms. The average molecular weight is 486 g/mol. The number of rotatable bonds is 13. The summed E-state index contributed by atoms with van der Waals surface area (Å²) in [6.45, 7) is -0.168. The zero-order chi connectivity index (χ0) is 25.6. The molecule has 2 aromatic carbocycles. The third kappa shape index (κ3) is 10.4. The van der Waals surface area contributed by atoms with Crippen LogP contribution in [0.4, 0.5) is 4.79 Å². The molecule has 11 nitrogen and oxygen atoms in total. The van der Waals surface area contributed by atoms with Crippen molar-refractivity contribution >= 4 is 29.9 Å². The molecule has 0 fully saturated rings. The maximum Gasteiger partial charge on any atom is 0.408 e. The Morgan fingerprint density at radius 3 is 1.80 bits per heavy atom. The minimum atomic E-state index is -1.54. The van der Waals surface area contributed by atoms with Crippen LogP contribution in [0.5, 0.6) is 0 Å². The lowest BCUT2D eigenvalue weighted by atomic mass is 10.1. The molecule has 2 atom stereocenters. The van der Waals surface area contributed by atoms with Gasteiger partial charge in [0, 0.05) is 6.42 Å². The number of ether oxygens (including phenoxy) is 2. The normalized spacial score (nSPS) is 12.0. The summed E-state index contributed by atoms with van der Waals surface area (Å²) in [4.78, 5) is 59.5. The van der Waals surface area contributed by atoms with Crippen molar-refractivity contribution in [1.82, 2.24) is 10.6 Å². The number of carbonyl (C=O) groups is 5. The number of esters is 1. The van der Waals surface area contributed by atoms with Crippen LogP contribution < -0.4 is 10.6 Å². The van der Waals surface area contributed by atoms with Gasteiger partial charge in [0.2, 0.25) is 5.91 Å². The number of carboxylic acids is 2. The first-order valence-corrected chi connectivity index (χ1v) is 10.7. The Hall–Kier alpha value is -4.41. The molecule has 0 spiro atoms. The molecule has 0 bridgehead atoms. The van der Waals surface area contributed by atoms with Crippen LogP contribution in [0, 0.1) is 0 Å². The monoisotopic (exact) mass is 486 g/mol. The fraction of sp³-hybridized carbons (Fsp3) is 0.292. The minimum absolute atomic E-state index is 0.0666. The van der Waals surface area contributed by atoms with E-state index in [0.717, 1.165) is 0 Å². The van der Waals surface area contributed by atoms with Crippen LogP contribution in [-0.4, -0.2) is 52.2 Å². The molecular formula is C24H26N2O9. The zero-order valence-electron chi connectivity index (χ0n) is 18.7. The Kier molecular flexibility index (Phi) is 10.7. The summed E-state index contributed by atoms with van der Waals surface area (Å²) in [6, 6.07) is 14.4. The smallest absolute Gasteiger partial charge is 0.408 e. The van der Waals surface area contributed by atoms with Gasteiger partial charge in [0.05, 0.1) is 6.42 Å². The van der Waals surface area contributed by atoms with Crippen LogP contribution in [0.15, 0.2) is 60.7 Å².